The highest BCUT2D eigenvalue weighted by molar-refractivity contribution is 4.68. The Bertz CT molecular complexity index is 72.9. The zero-order valence-corrected chi connectivity index (χ0v) is 8.56. The molecule has 1 nitrogen and oxygen atoms in total. The lowest BCUT2D eigenvalue weighted by Crippen LogP contribution is -2.26. The number of hydrogen-bond acceptors (Lipinski definition) is 1. The number of likely N-dealkylation sites (tertiary alicyclic amines) is 1. The molecular formula is C10H23N. The standard InChI is InChI=1S/C7H15N.C3H8/c1-7(2)8-5-3-4-6-8;1-3-2/h7H,3-6H2,1-2H3;3H2,1-2H3. The van der Waals surface area contributed by atoms with Gasteiger partial charge in [-0.25, -0.2) is 0 Å². The second-order valence-electron chi connectivity index (χ2n) is 3.54. The van der Waals surface area contributed by atoms with Crippen LogP contribution in [0.1, 0.15) is 47.0 Å². The summed E-state index contributed by atoms with van der Waals surface area (Å²) in [4.78, 5) is 2.53. The van der Waals surface area contributed by atoms with E-state index in [9.17, 15) is 0 Å². The highest BCUT2D eigenvalue weighted by Crippen LogP contribution is 2.09. The fraction of sp³-hybridized carbons (Fsp3) is 1.00. The van der Waals surface area contributed by atoms with Crippen molar-refractivity contribution >= 4 is 0 Å². The predicted molar refractivity (Wildman–Crippen MR) is 51.9 cm³/mol. The number of hydrogen-bond donors (Lipinski definition) is 0. The molecule has 0 N–H and O–H groups in total. The van der Waals surface area contributed by atoms with Crippen molar-refractivity contribution in [2.75, 3.05) is 13.1 Å². The first-order chi connectivity index (χ1) is 5.22. The average Bonchev–Trinajstić information content (AvgIpc) is 2.38. The molecular weight excluding hydrogens is 134 g/mol. The van der Waals surface area contributed by atoms with Crippen molar-refractivity contribution < 1.29 is 0 Å². The maximum absolute atomic E-state index is 2.53. The van der Waals surface area contributed by atoms with Crippen molar-refractivity contribution in [3.8, 4) is 0 Å². The Labute approximate surface area is 71.8 Å². The van der Waals surface area contributed by atoms with E-state index in [0.29, 0.717) is 0 Å². The van der Waals surface area contributed by atoms with Gasteiger partial charge >= 0.3 is 0 Å². The average molecular weight is 157 g/mol. The summed E-state index contributed by atoms with van der Waals surface area (Å²) in [6.45, 7) is 11.5. The van der Waals surface area contributed by atoms with Crippen molar-refractivity contribution in [1.82, 2.24) is 4.90 Å². The smallest absolute Gasteiger partial charge is 0.00385 e. The van der Waals surface area contributed by atoms with E-state index in [4.69, 9.17) is 0 Å². The lowest BCUT2D eigenvalue weighted by Gasteiger charge is -2.18. The summed E-state index contributed by atoms with van der Waals surface area (Å²) in [5.74, 6) is 0. The van der Waals surface area contributed by atoms with Crippen LogP contribution >= 0.6 is 0 Å². The second-order valence-corrected chi connectivity index (χ2v) is 3.54. The number of rotatable bonds is 1. The lowest BCUT2D eigenvalue weighted by atomic mass is 10.3. The Morgan fingerprint density at radius 1 is 1.09 bits per heavy atom. The molecule has 0 aromatic heterocycles. The summed E-state index contributed by atoms with van der Waals surface area (Å²) in [7, 11) is 0. The van der Waals surface area contributed by atoms with Gasteiger partial charge in [0.2, 0.25) is 0 Å². The fourth-order valence-electron chi connectivity index (χ4n) is 1.26. The van der Waals surface area contributed by atoms with Gasteiger partial charge in [0.1, 0.15) is 0 Å². The molecule has 0 atom stereocenters. The molecule has 0 aromatic rings. The second kappa shape index (κ2) is 6.66. The molecule has 0 unspecified atom stereocenters. The van der Waals surface area contributed by atoms with Gasteiger partial charge in [-0.05, 0) is 39.8 Å². The van der Waals surface area contributed by atoms with Crippen LogP contribution < -0.4 is 0 Å². The first kappa shape index (κ1) is 11.0. The molecule has 0 aliphatic carbocycles. The summed E-state index contributed by atoms with van der Waals surface area (Å²) in [5.41, 5.74) is 0. The first-order valence-corrected chi connectivity index (χ1v) is 4.96. The molecule has 1 aliphatic heterocycles. The van der Waals surface area contributed by atoms with E-state index in [2.05, 4.69) is 32.6 Å². The molecule has 1 heteroatoms. The highest BCUT2D eigenvalue weighted by atomic mass is 15.2. The molecule has 0 amide bonds. The predicted octanol–water partition coefficient (Wildman–Crippen LogP) is 2.91. The minimum atomic E-state index is 0.775. The highest BCUT2D eigenvalue weighted by Gasteiger charge is 2.13. The topological polar surface area (TPSA) is 3.24 Å². The van der Waals surface area contributed by atoms with Crippen LogP contribution in [0.15, 0.2) is 0 Å². The van der Waals surface area contributed by atoms with E-state index in [0.717, 1.165) is 6.04 Å². The summed E-state index contributed by atoms with van der Waals surface area (Å²) >= 11 is 0. The van der Waals surface area contributed by atoms with Gasteiger partial charge in [0.05, 0.1) is 0 Å². The van der Waals surface area contributed by atoms with Crippen molar-refractivity contribution in [2.24, 2.45) is 0 Å². The van der Waals surface area contributed by atoms with Gasteiger partial charge in [-0.1, -0.05) is 20.3 Å². The Morgan fingerprint density at radius 2 is 1.45 bits per heavy atom. The van der Waals surface area contributed by atoms with Gasteiger partial charge in [0.15, 0.2) is 0 Å². The molecule has 68 valence electrons. The van der Waals surface area contributed by atoms with Crippen molar-refractivity contribution in [1.29, 1.82) is 0 Å². The third-order valence-electron chi connectivity index (χ3n) is 1.87. The SMILES string of the molecule is CC(C)N1CCCC1.CCC. The maximum atomic E-state index is 2.53. The maximum Gasteiger partial charge on any atom is 0.00385 e. The molecule has 1 fully saturated rings. The number of nitrogens with zero attached hydrogens (tertiary/aromatic N) is 1. The quantitative estimate of drug-likeness (QED) is 0.565. The molecule has 0 saturated carbocycles. The van der Waals surface area contributed by atoms with Crippen LogP contribution in [0.5, 0.6) is 0 Å². The molecule has 0 spiro atoms. The van der Waals surface area contributed by atoms with E-state index < -0.39 is 0 Å². The fourth-order valence-corrected chi connectivity index (χ4v) is 1.26. The van der Waals surface area contributed by atoms with Crippen LogP contribution in [0.2, 0.25) is 0 Å². The summed E-state index contributed by atoms with van der Waals surface area (Å²) in [6.07, 6.45) is 4.08. The van der Waals surface area contributed by atoms with E-state index in [-0.39, 0.29) is 0 Å². The monoisotopic (exact) mass is 157 g/mol. The Morgan fingerprint density at radius 3 is 1.64 bits per heavy atom. The molecule has 1 rings (SSSR count). The Balaban J connectivity index is 0.000000292. The minimum Gasteiger partial charge on any atom is -0.301 e. The van der Waals surface area contributed by atoms with Crippen LogP contribution in [0.4, 0.5) is 0 Å². The normalized spacial score (nSPS) is 18.3. The zero-order valence-electron chi connectivity index (χ0n) is 8.56. The molecule has 11 heavy (non-hydrogen) atoms. The molecule has 1 saturated heterocycles. The van der Waals surface area contributed by atoms with Gasteiger partial charge in [-0.3, -0.25) is 0 Å². The van der Waals surface area contributed by atoms with Gasteiger partial charge in [-0.2, -0.15) is 0 Å². The van der Waals surface area contributed by atoms with Crippen LogP contribution in [0.25, 0.3) is 0 Å². The van der Waals surface area contributed by atoms with Crippen LogP contribution in [0.3, 0.4) is 0 Å². The minimum absolute atomic E-state index is 0.775. The van der Waals surface area contributed by atoms with Crippen LogP contribution in [-0.4, -0.2) is 24.0 Å². The van der Waals surface area contributed by atoms with Crippen LogP contribution in [0, 0.1) is 0 Å². The first-order valence-electron chi connectivity index (χ1n) is 4.96. The third-order valence-corrected chi connectivity index (χ3v) is 1.87. The van der Waals surface area contributed by atoms with Gasteiger partial charge in [-0.15, -0.1) is 0 Å². The molecule has 1 aliphatic rings. The van der Waals surface area contributed by atoms with E-state index in [1.165, 1.54) is 32.4 Å². The largest absolute Gasteiger partial charge is 0.301 e. The van der Waals surface area contributed by atoms with E-state index >= 15 is 0 Å². The van der Waals surface area contributed by atoms with Crippen LogP contribution in [-0.2, 0) is 0 Å². The van der Waals surface area contributed by atoms with E-state index in [1.54, 1.807) is 0 Å². The zero-order chi connectivity index (χ0) is 8.69. The summed E-state index contributed by atoms with van der Waals surface area (Å²) in [5, 5.41) is 0. The summed E-state index contributed by atoms with van der Waals surface area (Å²) in [6, 6.07) is 0.775. The molecule has 1 heterocycles. The van der Waals surface area contributed by atoms with Gasteiger partial charge in [0.25, 0.3) is 0 Å². The van der Waals surface area contributed by atoms with Crippen molar-refractivity contribution in [3.05, 3.63) is 0 Å². The lowest BCUT2D eigenvalue weighted by molar-refractivity contribution is 0.276. The van der Waals surface area contributed by atoms with Crippen molar-refractivity contribution in [2.45, 2.75) is 53.0 Å². The van der Waals surface area contributed by atoms with E-state index in [1.807, 2.05) is 0 Å². The van der Waals surface area contributed by atoms with Crippen molar-refractivity contribution in [3.63, 3.8) is 0 Å². The Kier molecular flexibility index (Phi) is 6.63. The van der Waals surface area contributed by atoms with Gasteiger partial charge in [0, 0.05) is 6.04 Å². The molecule has 0 bridgehead atoms. The Hall–Kier alpha value is -0.0400. The summed E-state index contributed by atoms with van der Waals surface area (Å²) < 4.78 is 0. The molecule has 0 radical (unpaired) electrons. The van der Waals surface area contributed by atoms with Gasteiger partial charge < -0.3 is 4.90 Å². The molecule has 0 aromatic carbocycles. The third kappa shape index (κ3) is 5.25.